The number of anilines is 1. The second-order valence-electron chi connectivity index (χ2n) is 3.88. The number of halogens is 2. The summed E-state index contributed by atoms with van der Waals surface area (Å²) in [7, 11) is 0. The highest BCUT2D eigenvalue weighted by Gasteiger charge is 1.96. The van der Waals surface area contributed by atoms with Gasteiger partial charge in [0, 0.05) is 10.0 Å². The van der Waals surface area contributed by atoms with E-state index >= 15 is 0 Å². The van der Waals surface area contributed by atoms with Gasteiger partial charge in [0.2, 0.25) is 0 Å². The molecule has 1 N–H and O–H groups in total. The molecule has 92 valence electrons. The standard InChI is InChI=1S/C14H12Cl2N2/c1-10-4-2-3-5-11(10)9-17-18-14-7-12(15)6-13(16)8-14/h2-9,18H,1H3/b17-9-. The highest BCUT2D eigenvalue weighted by Crippen LogP contribution is 2.22. The van der Waals surface area contributed by atoms with Gasteiger partial charge in [0.05, 0.1) is 11.9 Å². The number of nitrogens with one attached hydrogen (secondary N) is 1. The Balaban J connectivity index is 2.10. The molecule has 0 saturated heterocycles. The third-order valence-electron chi connectivity index (χ3n) is 2.45. The van der Waals surface area contributed by atoms with E-state index in [1.165, 1.54) is 5.56 Å². The number of hydrazone groups is 1. The summed E-state index contributed by atoms with van der Waals surface area (Å²) in [6, 6.07) is 13.2. The van der Waals surface area contributed by atoms with Gasteiger partial charge in [0.15, 0.2) is 0 Å². The Morgan fingerprint density at radius 3 is 2.39 bits per heavy atom. The van der Waals surface area contributed by atoms with Crippen molar-refractivity contribution >= 4 is 35.1 Å². The number of aryl methyl sites for hydroxylation is 1. The molecular weight excluding hydrogens is 267 g/mol. The van der Waals surface area contributed by atoms with Crippen LogP contribution in [0.2, 0.25) is 10.0 Å². The fraction of sp³-hybridized carbons (Fsp3) is 0.0714. The van der Waals surface area contributed by atoms with Crippen LogP contribution in [0.25, 0.3) is 0 Å². The van der Waals surface area contributed by atoms with Crippen LogP contribution in [0.1, 0.15) is 11.1 Å². The molecule has 0 radical (unpaired) electrons. The molecule has 0 aliphatic heterocycles. The zero-order valence-corrected chi connectivity index (χ0v) is 11.3. The molecule has 2 nitrogen and oxygen atoms in total. The van der Waals surface area contributed by atoms with Gasteiger partial charge >= 0.3 is 0 Å². The van der Waals surface area contributed by atoms with Crippen LogP contribution in [0.5, 0.6) is 0 Å². The van der Waals surface area contributed by atoms with E-state index in [1.54, 1.807) is 24.4 Å². The number of nitrogens with zero attached hydrogens (tertiary/aromatic N) is 1. The Morgan fingerprint density at radius 1 is 1.06 bits per heavy atom. The van der Waals surface area contributed by atoms with Crippen molar-refractivity contribution in [3.05, 3.63) is 63.6 Å². The van der Waals surface area contributed by atoms with Crippen LogP contribution in [-0.4, -0.2) is 6.21 Å². The summed E-state index contributed by atoms with van der Waals surface area (Å²) in [5.74, 6) is 0. The van der Waals surface area contributed by atoms with Gasteiger partial charge in [0.25, 0.3) is 0 Å². The first-order chi connectivity index (χ1) is 8.65. The van der Waals surface area contributed by atoms with E-state index in [1.807, 2.05) is 31.2 Å². The predicted octanol–water partition coefficient (Wildman–Crippen LogP) is 4.75. The summed E-state index contributed by atoms with van der Waals surface area (Å²) >= 11 is 11.8. The SMILES string of the molecule is Cc1ccccc1/C=N\Nc1cc(Cl)cc(Cl)c1. The Hall–Kier alpha value is -1.51. The minimum atomic E-state index is 0.580. The average Bonchev–Trinajstić information content (AvgIpc) is 2.30. The molecule has 0 heterocycles. The molecule has 0 amide bonds. The number of benzene rings is 2. The largest absolute Gasteiger partial charge is 0.278 e. The van der Waals surface area contributed by atoms with E-state index in [4.69, 9.17) is 23.2 Å². The van der Waals surface area contributed by atoms with E-state index in [0.717, 1.165) is 11.3 Å². The maximum atomic E-state index is 5.89. The summed E-state index contributed by atoms with van der Waals surface area (Å²) in [6.07, 6.45) is 1.77. The first-order valence-corrected chi connectivity index (χ1v) is 6.21. The monoisotopic (exact) mass is 278 g/mol. The van der Waals surface area contributed by atoms with E-state index in [-0.39, 0.29) is 0 Å². The maximum absolute atomic E-state index is 5.89. The summed E-state index contributed by atoms with van der Waals surface area (Å²) in [6.45, 7) is 2.04. The van der Waals surface area contributed by atoms with Crippen molar-refractivity contribution in [2.75, 3.05) is 5.43 Å². The molecule has 0 aliphatic rings. The Bertz CT molecular complexity index is 560. The third kappa shape index (κ3) is 3.49. The van der Waals surface area contributed by atoms with Gasteiger partial charge in [-0.2, -0.15) is 5.10 Å². The second kappa shape index (κ2) is 5.89. The molecular formula is C14H12Cl2N2. The van der Waals surface area contributed by atoms with Crippen molar-refractivity contribution in [1.82, 2.24) is 0 Å². The Morgan fingerprint density at radius 2 is 1.72 bits per heavy atom. The van der Waals surface area contributed by atoms with Gasteiger partial charge in [-0.25, -0.2) is 0 Å². The molecule has 0 unspecified atom stereocenters. The molecule has 2 aromatic rings. The summed E-state index contributed by atoms with van der Waals surface area (Å²) in [5, 5.41) is 5.32. The lowest BCUT2D eigenvalue weighted by atomic mass is 10.1. The fourth-order valence-electron chi connectivity index (χ4n) is 1.53. The molecule has 0 saturated carbocycles. The van der Waals surface area contributed by atoms with Crippen LogP contribution in [0.15, 0.2) is 47.6 Å². The molecule has 0 spiro atoms. The summed E-state index contributed by atoms with van der Waals surface area (Å²) < 4.78 is 0. The lowest BCUT2D eigenvalue weighted by Gasteiger charge is -2.02. The smallest absolute Gasteiger partial charge is 0.0591 e. The molecule has 18 heavy (non-hydrogen) atoms. The molecule has 0 aromatic heterocycles. The Labute approximate surface area is 116 Å². The molecule has 4 heteroatoms. The first-order valence-electron chi connectivity index (χ1n) is 5.46. The maximum Gasteiger partial charge on any atom is 0.0591 e. The summed E-state index contributed by atoms with van der Waals surface area (Å²) in [5.41, 5.74) is 5.91. The van der Waals surface area contributed by atoms with Gasteiger partial charge in [0.1, 0.15) is 0 Å². The van der Waals surface area contributed by atoms with Gasteiger partial charge < -0.3 is 0 Å². The van der Waals surface area contributed by atoms with Crippen LogP contribution < -0.4 is 5.43 Å². The van der Waals surface area contributed by atoms with E-state index in [9.17, 15) is 0 Å². The number of hydrogen-bond acceptors (Lipinski definition) is 2. The van der Waals surface area contributed by atoms with Gasteiger partial charge in [-0.1, -0.05) is 47.5 Å². The second-order valence-corrected chi connectivity index (χ2v) is 4.76. The van der Waals surface area contributed by atoms with Gasteiger partial charge in [-0.05, 0) is 36.2 Å². The third-order valence-corrected chi connectivity index (χ3v) is 2.88. The van der Waals surface area contributed by atoms with Crippen LogP contribution in [0.4, 0.5) is 5.69 Å². The zero-order valence-electron chi connectivity index (χ0n) is 9.82. The van der Waals surface area contributed by atoms with Crippen molar-refractivity contribution in [2.24, 2.45) is 5.10 Å². The topological polar surface area (TPSA) is 24.4 Å². The van der Waals surface area contributed by atoms with Crippen LogP contribution >= 0.6 is 23.2 Å². The van der Waals surface area contributed by atoms with Crippen molar-refractivity contribution in [3.63, 3.8) is 0 Å². The van der Waals surface area contributed by atoms with Crippen molar-refractivity contribution < 1.29 is 0 Å². The minimum Gasteiger partial charge on any atom is -0.278 e. The van der Waals surface area contributed by atoms with Crippen LogP contribution in [0, 0.1) is 6.92 Å². The molecule has 2 aromatic carbocycles. The number of rotatable bonds is 3. The lowest BCUT2D eigenvalue weighted by molar-refractivity contribution is 1.34. The Kier molecular flexibility index (Phi) is 4.24. The molecule has 0 aliphatic carbocycles. The minimum absolute atomic E-state index is 0.580. The van der Waals surface area contributed by atoms with Gasteiger partial charge in [-0.15, -0.1) is 0 Å². The van der Waals surface area contributed by atoms with E-state index in [0.29, 0.717) is 10.0 Å². The highest BCUT2D eigenvalue weighted by atomic mass is 35.5. The van der Waals surface area contributed by atoms with Crippen molar-refractivity contribution in [3.8, 4) is 0 Å². The quantitative estimate of drug-likeness (QED) is 0.636. The van der Waals surface area contributed by atoms with Crippen molar-refractivity contribution in [1.29, 1.82) is 0 Å². The van der Waals surface area contributed by atoms with Crippen LogP contribution in [-0.2, 0) is 0 Å². The highest BCUT2D eigenvalue weighted by molar-refractivity contribution is 6.35. The van der Waals surface area contributed by atoms with E-state index in [2.05, 4.69) is 10.5 Å². The summed E-state index contributed by atoms with van der Waals surface area (Å²) in [4.78, 5) is 0. The lowest BCUT2D eigenvalue weighted by Crippen LogP contribution is -1.92. The zero-order chi connectivity index (χ0) is 13.0. The molecule has 0 bridgehead atoms. The molecule has 0 fully saturated rings. The molecule has 0 atom stereocenters. The van der Waals surface area contributed by atoms with Gasteiger partial charge in [-0.3, -0.25) is 5.43 Å². The molecule has 2 rings (SSSR count). The fourth-order valence-corrected chi connectivity index (χ4v) is 2.05. The predicted molar refractivity (Wildman–Crippen MR) is 78.9 cm³/mol. The van der Waals surface area contributed by atoms with Crippen molar-refractivity contribution in [2.45, 2.75) is 6.92 Å². The van der Waals surface area contributed by atoms with Crippen LogP contribution in [0.3, 0.4) is 0 Å². The first kappa shape index (κ1) is 12.9. The number of hydrogen-bond donors (Lipinski definition) is 1. The normalized spacial score (nSPS) is 10.8. The van der Waals surface area contributed by atoms with E-state index < -0.39 is 0 Å². The average molecular weight is 279 g/mol.